The van der Waals surface area contributed by atoms with Crippen LogP contribution in [0.3, 0.4) is 0 Å². The summed E-state index contributed by atoms with van der Waals surface area (Å²) in [4.78, 5) is 20.5. The lowest BCUT2D eigenvalue weighted by Crippen LogP contribution is -2.18. The molecular formula is C23H17F3N4O4. The van der Waals surface area contributed by atoms with Crippen LogP contribution in [-0.4, -0.2) is 44.9 Å². The van der Waals surface area contributed by atoms with Gasteiger partial charge in [-0.3, -0.25) is 9.78 Å². The number of aromatic hydroxyl groups is 1. The summed E-state index contributed by atoms with van der Waals surface area (Å²) in [5.74, 6) is -2.74. The number of imidazole rings is 1. The molecule has 4 aromatic rings. The molecule has 8 nitrogen and oxygen atoms in total. The van der Waals surface area contributed by atoms with Crippen molar-refractivity contribution >= 4 is 11.6 Å². The van der Waals surface area contributed by atoms with Crippen molar-refractivity contribution in [3.8, 4) is 28.5 Å². The highest BCUT2D eigenvalue weighted by Gasteiger charge is 2.33. The van der Waals surface area contributed by atoms with E-state index in [4.69, 9.17) is 9.15 Å². The Bertz CT molecular complexity index is 1330. The second-order valence-electron chi connectivity index (χ2n) is 7.61. The molecule has 174 valence electrons. The van der Waals surface area contributed by atoms with Crippen molar-refractivity contribution < 1.29 is 32.2 Å². The summed E-state index contributed by atoms with van der Waals surface area (Å²) in [6, 6.07) is 7.75. The number of benzene rings is 1. The van der Waals surface area contributed by atoms with Gasteiger partial charge in [-0.05, 0) is 36.4 Å². The molecule has 1 amide bonds. The summed E-state index contributed by atoms with van der Waals surface area (Å²) >= 11 is 0. The van der Waals surface area contributed by atoms with Crippen molar-refractivity contribution in [1.82, 2.24) is 14.5 Å². The van der Waals surface area contributed by atoms with E-state index in [1.165, 1.54) is 42.7 Å². The standard InChI is InChI=1S/C23H17F3N4O4/c24-13-3-1-12(2-4-13)20-22(30(11-28-20)16-10-33-9-15(16)26)18-5-6-19(34-18)23(32)29-21-14(25)7-27-8-17(21)31/h1-8,11,15-16,31H,9-10H2,(H,27,29,32). The highest BCUT2D eigenvalue weighted by Crippen LogP contribution is 2.37. The van der Waals surface area contributed by atoms with Gasteiger partial charge in [0.05, 0.1) is 43.7 Å². The SMILES string of the molecule is O=C(Nc1c(O)cncc1F)c1ccc(-c2c(-c3ccc(F)cc3)ncn2C2COCC2F)o1. The van der Waals surface area contributed by atoms with E-state index in [0.29, 0.717) is 17.0 Å². The van der Waals surface area contributed by atoms with Crippen molar-refractivity contribution in [3.05, 3.63) is 72.5 Å². The number of carbonyl (C=O) groups excluding carboxylic acids is 1. The zero-order valence-corrected chi connectivity index (χ0v) is 17.4. The minimum Gasteiger partial charge on any atom is -0.504 e. The topological polar surface area (TPSA) is 102 Å². The van der Waals surface area contributed by atoms with Crippen LogP contribution in [0.15, 0.2) is 59.5 Å². The first kappa shape index (κ1) is 21.7. The third-order valence-electron chi connectivity index (χ3n) is 5.43. The molecule has 1 saturated heterocycles. The van der Waals surface area contributed by atoms with Crippen LogP contribution in [0.1, 0.15) is 16.6 Å². The number of hydrogen-bond acceptors (Lipinski definition) is 6. The Morgan fingerprint density at radius 1 is 1.12 bits per heavy atom. The van der Waals surface area contributed by atoms with E-state index in [-0.39, 0.29) is 24.7 Å². The van der Waals surface area contributed by atoms with Gasteiger partial charge in [0.1, 0.15) is 23.4 Å². The maximum absolute atomic E-state index is 14.5. The first-order valence-corrected chi connectivity index (χ1v) is 10.2. The van der Waals surface area contributed by atoms with Crippen LogP contribution in [0, 0.1) is 11.6 Å². The molecule has 1 aliphatic rings. The monoisotopic (exact) mass is 470 g/mol. The van der Waals surface area contributed by atoms with E-state index in [1.54, 1.807) is 4.57 Å². The fraction of sp³-hybridized carbons (Fsp3) is 0.174. The Hall–Kier alpha value is -4.12. The van der Waals surface area contributed by atoms with Crippen LogP contribution >= 0.6 is 0 Å². The third kappa shape index (κ3) is 3.90. The average molecular weight is 470 g/mol. The molecule has 2 atom stereocenters. The van der Waals surface area contributed by atoms with Gasteiger partial charge in [0, 0.05) is 5.56 Å². The Balaban J connectivity index is 1.53. The van der Waals surface area contributed by atoms with Gasteiger partial charge in [-0.15, -0.1) is 0 Å². The van der Waals surface area contributed by atoms with Gasteiger partial charge in [-0.1, -0.05) is 0 Å². The number of halogens is 3. The van der Waals surface area contributed by atoms with Crippen molar-refractivity contribution in [2.45, 2.75) is 12.2 Å². The molecule has 5 rings (SSSR count). The highest BCUT2D eigenvalue weighted by atomic mass is 19.1. The molecule has 1 fully saturated rings. The van der Waals surface area contributed by atoms with Crippen molar-refractivity contribution in [3.63, 3.8) is 0 Å². The largest absolute Gasteiger partial charge is 0.504 e. The molecule has 0 spiro atoms. The number of amides is 1. The number of ether oxygens (including phenoxy) is 1. The van der Waals surface area contributed by atoms with E-state index in [9.17, 15) is 23.1 Å². The molecule has 0 radical (unpaired) electrons. The van der Waals surface area contributed by atoms with E-state index in [0.717, 1.165) is 12.4 Å². The lowest BCUT2D eigenvalue weighted by atomic mass is 10.1. The fourth-order valence-electron chi connectivity index (χ4n) is 3.76. The maximum Gasteiger partial charge on any atom is 0.291 e. The first-order chi connectivity index (χ1) is 16.4. The summed E-state index contributed by atoms with van der Waals surface area (Å²) in [6.45, 7) is 0.0446. The Labute approximate surface area is 190 Å². The van der Waals surface area contributed by atoms with Gasteiger partial charge >= 0.3 is 0 Å². The van der Waals surface area contributed by atoms with Crippen LogP contribution in [0.5, 0.6) is 5.75 Å². The zero-order valence-electron chi connectivity index (χ0n) is 17.4. The zero-order chi connectivity index (χ0) is 23.8. The predicted molar refractivity (Wildman–Crippen MR) is 114 cm³/mol. The van der Waals surface area contributed by atoms with E-state index < -0.39 is 41.2 Å². The summed E-state index contributed by atoms with van der Waals surface area (Å²) in [6.07, 6.45) is 1.97. The number of carbonyl (C=O) groups is 1. The molecule has 0 aliphatic carbocycles. The average Bonchev–Trinajstić information content (AvgIpc) is 3.55. The van der Waals surface area contributed by atoms with Gasteiger partial charge < -0.3 is 24.1 Å². The van der Waals surface area contributed by atoms with Gasteiger partial charge in [-0.25, -0.2) is 18.2 Å². The van der Waals surface area contributed by atoms with Crippen LogP contribution in [-0.2, 0) is 4.74 Å². The number of aromatic nitrogens is 3. The number of hydrogen-bond donors (Lipinski definition) is 2. The third-order valence-corrected chi connectivity index (χ3v) is 5.43. The van der Waals surface area contributed by atoms with E-state index in [1.807, 2.05) is 0 Å². The number of anilines is 1. The lowest BCUT2D eigenvalue weighted by Gasteiger charge is -2.16. The molecule has 2 N–H and O–H groups in total. The quantitative estimate of drug-likeness (QED) is 0.450. The van der Waals surface area contributed by atoms with Gasteiger partial charge in [0.2, 0.25) is 0 Å². The van der Waals surface area contributed by atoms with Crippen LogP contribution in [0.2, 0.25) is 0 Å². The Kier molecular flexibility index (Phi) is 5.54. The summed E-state index contributed by atoms with van der Waals surface area (Å²) in [5.41, 5.74) is 0.856. The molecule has 0 bridgehead atoms. The van der Waals surface area contributed by atoms with E-state index in [2.05, 4.69) is 15.3 Å². The van der Waals surface area contributed by atoms with Gasteiger partial charge in [-0.2, -0.15) is 0 Å². The number of furan rings is 1. The summed E-state index contributed by atoms with van der Waals surface area (Å²) < 4.78 is 54.4. The van der Waals surface area contributed by atoms with Crippen molar-refractivity contribution in [2.24, 2.45) is 0 Å². The number of rotatable bonds is 5. The Morgan fingerprint density at radius 3 is 2.62 bits per heavy atom. The molecular weight excluding hydrogens is 453 g/mol. The number of pyridine rings is 1. The molecule has 4 heterocycles. The normalized spacial score (nSPS) is 17.7. The minimum absolute atomic E-state index is 0.0685. The maximum atomic E-state index is 14.5. The predicted octanol–water partition coefficient (Wildman–Crippen LogP) is 4.35. The molecule has 11 heteroatoms. The first-order valence-electron chi connectivity index (χ1n) is 10.2. The van der Waals surface area contributed by atoms with Crippen LogP contribution in [0.4, 0.5) is 18.9 Å². The summed E-state index contributed by atoms with van der Waals surface area (Å²) in [7, 11) is 0. The lowest BCUT2D eigenvalue weighted by molar-refractivity contribution is 0.0996. The molecule has 3 aromatic heterocycles. The second-order valence-corrected chi connectivity index (χ2v) is 7.61. The van der Waals surface area contributed by atoms with Crippen LogP contribution < -0.4 is 5.32 Å². The van der Waals surface area contributed by atoms with Crippen molar-refractivity contribution in [1.29, 1.82) is 0 Å². The molecule has 2 unspecified atom stereocenters. The summed E-state index contributed by atoms with van der Waals surface area (Å²) in [5, 5.41) is 12.0. The minimum atomic E-state index is -1.29. The molecule has 34 heavy (non-hydrogen) atoms. The highest BCUT2D eigenvalue weighted by molar-refractivity contribution is 6.03. The molecule has 1 aromatic carbocycles. The Morgan fingerprint density at radius 2 is 1.91 bits per heavy atom. The van der Waals surface area contributed by atoms with Gasteiger partial charge in [0.15, 0.2) is 23.1 Å². The molecule has 0 saturated carbocycles. The van der Waals surface area contributed by atoms with E-state index >= 15 is 0 Å². The van der Waals surface area contributed by atoms with Gasteiger partial charge in [0.25, 0.3) is 5.91 Å². The van der Waals surface area contributed by atoms with Crippen molar-refractivity contribution in [2.75, 3.05) is 18.5 Å². The smallest absolute Gasteiger partial charge is 0.291 e. The fourth-order valence-corrected chi connectivity index (χ4v) is 3.76. The number of nitrogens with one attached hydrogen (secondary N) is 1. The molecule has 1 aliphatic heterocycles. The van der Waals surface area contributed by atoms with Crippen LogP contribution in [0.25, 0.3) is 22.7 Å². The number of alkyl halides is 1. The number of nitrogens with zero attached hydrogens (tertiary/aromatic N) is 3. The second kappa shape index (κ2) is 8.67.